The molecule has 1 heterocycles. The van der Waals surface area contributed by atoms with Gasteiger partial charge in [0.15, 0.2) is 0 Å². The van der Waals surface area contributed by atoms with Gasteiger partial charge in [-0.15, -0.1) is 0 Å². The first-order valence-electron chi connectivity index (χ1n) is 6.96. The third kappa shape index (κ3) is 4.13. The Morgan fingerprint density at radius 1 is 1.29 bits per heavy atom. The molecular weight excluding hydrogens is 268 g/mol. The Labute approximate surface area is 124 Å². The molecule has 0 bridgehead atoms. The first-order chi connectivity index (χ1) is 10.1. The van der Waals surface area contributed by atoms with E-state index in [1.165, 1.54) is 5.01 Å². The van der Waals surface area contributed by atoms with E-state index in [0.717, 1.165) is 6.54 Å². The predicted molar refractivity (Wildman–Crippen MR) is 82.2 cm³/mol. The number of hydrogen-bond acceptors (Lipinski definition) is 4. The van der Waals surface area contributed by atoms with Gasteiger partial charge in [0.25, 0.3) is 5.91 Å². The maximum Gasteiger partial charge on any atom is 0.267 e. The predicted octanol–water partition coefficient (Wildman–Crippen LogP) is 0.847. The molecule has 1 aliphatic rings. The number of anilines is 1. The molecule has 0 fully saturated rings. The van der Waals surface area contributed by atoms with Crippen molar-refractivity contribution in [2.24, 2.45) is 5.10 Å². The Morgan fingerprint density at radius 2 is 2.00 bits per heavy atom. The van der Waals surface area contributed by atoms with Gasteiger partial charge in [-0.3, -0.25) is 9.59 Å². The topological polar surface area (TPSA) is 65.0 Å². The van der Waals surface area contributed by atoms with Crippen molar-refractivity contribution in [1.29, 1.82) is 0 Å². The SMILES string of the molecule is CN(C)CCNC(=O)C1=NN(c2ccccc2)C(=O)CC1. The summed E-state index contributed by atoms with van der Waals surface area (Å²) in [6.45, 7) is 1.32. The second-order valence-corrected chi connectivity index (χ2v) is 5.15. The number of nitrogens with one attached hydrogen (secondary N) is 1. The van der Waals surface area contributed by atoms with E-state index in [2.05, 4.69) is 10.4 Å². The third-order valence-electron chi connectivity index (χ3n) is 3.14. The summed E-state index contributed by atoms with van der Waals surface area (Å²) in [5.41, 5.74) is 1.08. The third-order valence-corrected chi connectivity index (χ3v) is 3.14. The van der Waals surface area contributed by atoms with Crippen LogP contribution in [0.3, 0.4) is 0 Å². The Morgan fingerprint density at radius 3 is 2.67 bits per heavy atom. The number of nitrogens with zero attached hydrogens (tertiary/aromatic N) is 3. The zero-order valence-electron chi connectivity index (χ0n) is 12.4. The average Bonchev–Trinajstić information content (AvgIpc) is 2.48. The van der Waals surface area contributed by atoms with Crippen molar-refractivity contribution in [3.05, 3.63) is 30.3 Å². The quantitative estimate of drug-likeness (QED) is 0.873. The molecule has 21 heavy (non-hydrogen) atoms. The van der Waals surface area contributed by atoms with Crippen molar-refractivity contribution in [2.45, 2.75) is 12.8 Å². The maximum absolute atomic E-state index is 12.1. The highest BCUT2D eigenvalue weighted by Crippen LogP contribution is 2.19. The van der Waals surface area contributed by atoms with Crippen molar-refractivity contribution >= 4 is 23.2 Å². The summed E-state index contributed by atoms with van der Waals surface area (Å²) in [6, 6.07) is 9.15. The lowest BCUT2D eigenvalue weighted by atomic mass is 10.1. The van der Waals surface area contributed by atoms with E-state index in [9.17, 15) is 9.59 Å². The molecule has 0 spiro atoms. The van der Waals surface area contributed by atoms with Crippen molar-refractivity contribution in [3.8, 4) is 0 Å². The van der Waals surface area contributed by atoms with Crippen LogP contribution < -0.4 is 10.3 Å². The monoisotopic (exact) mass is 288 g/mol. The molecule has 1 aromatic carbocycles. The van der Waals surface area contributed by atoms with E-state index in [0.29, 0.717) is 30.8 Å². The van der Waals surface area contributed by atoms with Gasteiger partial charge in [-0.2, -0.15) is 5.10 Å². The van der Waals surface area contributed by atoms with Gasteiger partial charge < -0.3 is 10.2 Å². The number of likely N-dealkylation sites (N-methyl/N-ethyl adjacent to an activating group) is 1. The number of amides is 2. The Bertz CT molecular complexity index is 540. The van der Waals surface area contributed by atoms with Gasteiger partial charge in [0, 0.05) is 25.9 Å². The smallest absolute Gasteiger partial charge is 0.267 e. The fraction of sp³-hybridized carbons (Fsp3) is 0.400. The molecule has 112 valence electrons. The number of carbonyl (C=O) groups is 2. The summed E-state index contributed by atoms with van der Waals surface area (Å²) in [5.74, 6) is -0.295. The number of hydrogen-bond donors (Lipinski definition) is 1. The summed E-state index contributed by atoms with van der Waals surface area (Å²) in [4.78, 5) is 26.0. The van der Waals surface area contributed by atoms with Crippen molar-refractivity contribution in [3.63, 3.8) is 0 Å². The number of carbonyl (C=O) groups excluding carboxylic acids is 2. The Balaban J connectivity index is 2.06. The van der Waals surface area contributed by atoms with Gasteiger partial charge in [-0.05, 0) is 26.2 Å². The van der Waals surface area contributed by atoms with Gasteiger partial charge in [0.05, 0.1) is 5.69 Å². The second-order valence-electron chi connectivity index (χ2n) is 5.15. The number of hydrazone groups is 1. The van der Waals surface area contributed by atoms with Crippen LogP contribution in [0.4, 0.5) is 5.69 Å². The molecule has 0 aliphatic carbocycles. The van der Waals surface area contributed by atoms with Gasteiger partial charge in [0.1, 0.15) is 5.71 Å². The van der Waals surface area contributed by atoms with Crippen LogP contribution in [0, 0.1) is 0 Å². The minimum atomic E-state index is -0.203. The summed E-state index contributed by atoms with van der Waals surface area (Å²) in [5, 5.41) is 8.34. The molecule has 2 rings (SSSR count). The first-order valence-corrected chi connectivity index (χ1v) is 6.96. The lowest BCUT2D eigenvalue weighted by molar-refractivity contribution is -0.118. The molecule has 0 radical (unpaired) electrons. The Hall–Kier alpha value is -2.21. The van der Waals surface area contributed by atoms with Crippen LogP contribution in [0.2, 0.25) is 0 Å². The van der Waals surface area contributed by atoms with Crippen LogP contribution >= 0.6 is 0 Å². The van der Waals surface area contributed by atoms with Crippen LogP contribution in [0.25, 0.3) is 0 Å². The van der Waals surface area contributed by atoms with Gasteiger partial charge >= 0.3 is 0 Å². The van der Waals surface area contributed by atoms with Gasteiger partial charge in [-0.25, -0.2) is 5.01 Å². The highest BCUT2D eigenvalue weighted by Gasteiger charge is 2.25. The second kappa shape index (κ2) is 6.99. The molecule has 0 unspecified atom stereocenters. The summed E-state index contributed by atoms with van der Waals surface area (Å²) in [6.07, 6.45) is 0.685. The van der Waals surface area contributed by atoms with Gasteiger partial charge in [0.2, 0.25) is 5.91 Å². The molecule has 1 aliphatic heterocycles. The van der Waals surface area contributed by atoms with E-state index in [1.54, 1.807) is 12.1 Å². The van der Waals surface area contributed by atoms with Crippen LogP contribution in [0.5, 0.6) is 0 Å². The van der Waals surface area contributed by atoms with Gasteiger partial charge in [-0.1, -0.05) is 18.2 Å². The average molecular weight is 288 g/mol. The molecule has 1 N–H and O–H groups in total. The molecule has 6 heteroatoms. The standard InChI is InChI=1S/C15H20N4O2/c1-18(2)11-10-16-15(21)13-8-9-14(20)19(17-13)12-6-4-3-5-7-12/h3-7H,8-11H2,1-2H3,(H,16,21). The lowest BCUT2D eigenvalue weighted by Crippen LogP contribution is -2.40. The summed E-state index contributed by atoms with van der Waals surface area (Å²) in [7, 11) is 3.89. The fourth-order valence-electron chi connectivity index (χ4n) is 1.98. The normalized spacial score (nSPS) is 15.1. The van der Waals surface area contributed by atoms with Crippen LogP contribution in [0.15, 0.2) is 35.4 Å². The molecule has 2 amide bonds. The number of benzene rings is 1. The summed E-state index contributed by atoms with van der Waals surface area (Å²) < 4.78 is 0. The van der Waals surface area contributed by atoms with Crippen LogP contribution in [-0.4, -0.2) is 49.6 Å². The highest BCUT2D eigenvalue weighted by atomic mass is 16.2. The van der Waals surface area contributed by atoms with E-state index in [4.69, 9.17) is 0 Å². The molecular formula is C15H20N4O2. The first kappa shape index (κ1) is 15.2. The van der Waals surface area contributed by atoms with Crippen LogP contribution in [0.1, 0.15) is 12.8 Å². The van der Waals surface area contributed by atoms with E-state index < -0.39 is 0 Å². The maximum atomic E-state index is 12.1. The molecule has 1 aromatic rings. The van der Waals surface area contributed by atoms with E-state index >= 15 is 0 Å². The fourth-order valence-corrected chi connectivity index (χ4v) is 1.98. The van der Waals surface area contributed by atoms with Crippen molar-refractivity contribution in [1.82, 2.24) is 10.2 Å². The Kier molecular flexibility index (Phi) is 5.05. The van der Waals surface area contributed by atoms with E-state index in [-0.39, 0.29) is 11.8 Å². The minimum Gasteiger partial charge on any atom is -0.350 e. The minimum absolute atomic E-state index is 0.0916. The summed E-state index contributed by atoms with van der Waals surface area (Å²) >= 11 is 0. The van der Waals surface area contributed by atoms with Crippen molar-refractivity contribution in [2.75, 3.05) is 32.2 Å². The number of para-hydroxylation sites is 1. The molecule has 0 aromatic heterocycles. The van der Waals surface area contributed by atoms with Crippen LogP contribution in [-0.2, 0) is 9.59 Å². The largest absolute Gasteiger partial charge is 0.350 e. The number of rotatable bonds is 5. The molecule has 6 nitrogen and oxygen atoms in total. The zero-order chi connectivity index (χ0) is 15.2. The molecule has 0 atom stereocenters. The zero-order valence-corrected chi connectivity index (χ0v) is 12.4. The van der Waals surface area contributed by atoms with E-state index in [1.807, 2.05) is 37.2 Å². The lowest BCUT2D eigenvalue weighted by Gasteiger charge is -2.23. The molecule has 0 saturated heterocycles. The molecule has 0 saturated carbocycles. The van der Waals surface area contributed by atoms with Crippen molar-refractivity contribution < 1.29 is 9.59 Å². The highest BCUT2D eigenvalue weighted by molar-refractivity contribution is 6.40.